The van der Waals surface area contributed by atoms with Crippen LogP contribution in [0.1, 0.15) is 43.0 Å². The molecule has 2 aliphatic rings. The SMILES string of the molecule is C=C(C)Cn1c(SCC(=O)c2cccs2)nc2sc3c(c2c1=O)CCN(C(=O)c1ccc(C2(C(F)(F)F)NN2)cc1)C3. The molecule has 1 aromatic carbocycles. The Labute approximate surface area is 250 Å². The Kier molecular flexibility index (Phi) is 7.38. The van der Waals surface area contributed by atoms with E-state index in [9.17, 15) is 27.6 Å². The number of carbonyl (C=O) groups excluding carboxylic acids is 2. The first-order valence-corrected chi connectivity index (χ1v) is 15.6. The number of aromatic nitrogens is 2. The Morgan fingerprint density at radius 2 is 1.93 bits per heavy atom. The molecule has 0 unspecified atom stereocenters. The third-order valence-corrected chi connectivity index (χ3v) is 10.1. The van der Waals surface area contributed by atoms with Crippen molar-refractivity contribution in [2.24, 2.45) is 0 Å². The molecule has 14 heteroatoms. The van der Waals surface area contributed by atoms with Gasteiger partial charge in [-0.05, 0) is 48.1 Å². The molecule has 3 aromatic heterocycles. The predicted octanol–water partition coefficient (Wildman–Crippen LogP) is 5.09. The maximum atomic E-state index is 13.7. The summed E-state index contributed by atoms with van der Waals surface area (Å²) >= 11 is 3.92. The zero-order valence-corrected chi connectivity index (χ0v) is 24.7. The smallest absolute Gasteiger partial charge is 0.333 e. The van der Waals surface area contributed by atoms with Gasteiger partial charge >= 0.3 is 6.18 Å². The van der Waals surface area contributed by atoms with Gasteiger partial charge in [0.2, 0.25) is 5.66 Å². The average molecular weight is 632 g/mol. The molecule has 2 N–H and O–H groups in total. The summed E-state index contributed by atoms with van der Waals surface area (Å²) in [5.41, 5.74) is 3.69. The van der Waals surface area contributed by atoms with Gasteiger partial charge in [0.25, 0.3) is 11.5 Å². The highest BCUT2D eigenvalue weighted by Gasteiger charge is 2.65. The molecule has 0 aliphatic carbocycles. The number of nitrogens with zero attached hydrogens (tertiary/aromatic N) is 3. The van der Waals surface area contributed by atoms with Crippen molar-refractivity contribution in [1.82, 2.24) is 25.3 Å². The minimum Gasteiger partial charge on any atom is -0.333 e. The molecule has 42 heavy (non-hydrogen) atoms. The highest BCUT2D eigenvalue weighted by atomic mass is 32.2. The van der Waals surface area contributed by atoms with Crippen LogP contribution in [0.5, 0.6) is 0 Å². The van der Waals surface area contributed by atoms with Gasteiger partial charge < -0.3 is 4.90 Å². The van der Waals surface area contributed by atoms with E-state index in [0.717, 1.165) is 16.0 Å². The van der Waals surface area contributed by atoms with Gasteiger partial charge in [0.15, 0.2) is 10.9 Å². The third-order valence-electron chi connectivity index (χ3n) is 7.13. The lowest BCUT2D eigenvalue weighted by molar-refractivity contribution is -0.165. The van der Waals surface area contributed by atoms with E-state index in [4.69, 9.17) is 4.98 Å². The van der Waals surface area contributed by atoms with Crippen molar-refractivity contribution in [2.45, 2.75) is 43.4 Å². The minimum absolute atomic E-state index is 0.0279. The fourth-order valence-corrected chi connectivity index (χ4v) is 7.86. The number of alkyl halides is 3. The maximum absolute atomic E-state index is 13.7. The summed E-state index contributed by atoms with van der Waals surface area (Å²) in [4.78, 5) is 48.1. The average Bonchev–Trinajstić information content (AvgIpc) is 3.44. The van der Waals surface area contributed by atoms with Crippen molar-refractivity contribution >= 4 is 56.3 Å². The highest BCUT2D eigenvalue weighted by molar-refractivity contribution is 7.99. The van der Waals surface area contributed by atoms with Gasteiger partial charge in [-0.2, -0.15) is 13.2 Å². The first kappa shape index (κ1) is 28.8. The lowest BCUT2D eigenvalue weighted by atomic mass is 10.0. The van der Waals surface area contributed by atoms with Gasteiger partial charge in [-0.15, -0.1) is 22.7 Å². The number of hydrogen-bond donors (Lipinski definition) is 2. The van der Waals surface area contributed by atoms with Crippen LogP contribution in [0.4, 0.5) is 13.2 Å². The topological polar surface area (TPSA) is 116 Å². The van der Waals surface area contributed by atoms with E-state index >= 15 is 0 Å². The van der Waals surface area contributed by atoms with E-state index in [2.05, 4.69) is 17.4 Å². The van der Waals surface area contributed by atoms with Gasteiger partial charge in [-0.1, -0.05) is 42.1 Å². The summed E-state index contributed by atoms with van der Waals surface area (Å²) in [6.45, 7) is 6.64. The van der Waals surface area contributed by atoms with Crippen LogP contribution in [0.15, 0.2) is 63.9 Å². The first-order chi connectivity index (χ1) is 20.0. The summed E-state index contributed by atoms with van der Waals surface area (Å²) < 4.78 is 41.7. The van der Waals surface area contributed by atoms with Crippen LogP contribution in [-0.4, -0.2) is 44.6 Å². The number of thioether (sulfide) groups is 1. The second kappa shape index (κ2) is 10.8. The van der Waals surface area contributed by atoms with Crippen molar-refractivity contribution in [2.75, 3.05) is 12.3 Å². The lowest BCUT2D eigenvalue weighted by Crippen LogP contribution is -2.36. The normalized spacial score (nSPS) is 16.0. The second-order valence-electron chi connectivity index (χ2n) is 10.2. The Morgan fingerprint density at radius 1 is 1.19 bits per heavy atom. The van der Waals surface area contributed by atoms with Gasteiger partial charge in [0, 0.05) is 23.5 Å². The number of halogens is 3. The van der Waals surface area contributed by atoms with Crippen molar-refractivity contribution in [1.29, 1.82) is 0 Å². The van der Waals surface area contributed by atoms with Crippen LogP contribution in [0.3, 0.4) is 0 Å². The summed E-state index contributed by atoms with van der Waals surface area (Å²) in [6, 6.07) is 8.95. The number of thiophene rings is 2. The maximum Gasteiger partial charge on any atom is 0.426 e. The molecule has 8 nitrogen and oxygen atoms in total. The molecule has 6 rings (SSSR count). The summed E-state index contributed by atoms with van der Waals surface area (Å²) in [5, 5.41) is 2.79. The summed E-state index contributed by atoms with van der Waals surface area (Å²) in [7, 11) is 0. The molecule has 4 aromatic rings. The Morgan fingerprint density at radius 3 is 2.55 bits per heavy atom. The molecule has 5 heterocycles. The van der Waals surface area contributed by atoms with Gasteiger partial charge in [-0.25, -0.2) is 15.8 Å². The number of amides is 1. The number of carbonyl (C=O) groups is 2. The molecule has 0 spiro atoms. The molecule has 1 saturated heterocycles. The van der Waals surface area contributed by atoms with Crippen LogP contribution < -0.4 is 16.4 Å². The monoisotopic (exact) mass is 631 g/mol. The van der Waals surface area contributed by atoms with E-state index < -0.39 is 11.8 Å². The van der Waals surface area contributed by atoms with Gasteiger partial charge in [0.05, 0.1) is 22.6 Å². The quantitative estimate of drug-likeness (QED) is 0.0915. The standard InChI is InChI=1S/C28H24F3N5O3S3/c1-15(2)12-36-25(39)22-18-9-10-35(24(38)16-5-7-17(8-6-16)27(33-34-27)28(29,30)31)13-21(18)42-23(22)32-26(36)41-14-19(37)20-4-3-11-40-20/h3-8,11,33-34H,1,9-10,12-14H2,2H3. The van der Waals surface area contributed by atoms with Crippen LogP contribution in [0.25, 0.3) is 10.2 Å². The number of allylic oxidation sites excluding steroid dienone is 1. The highest BCUT2D eigenvalue weighted by Crippen LogP contribution is 2.42. The number of fused-ring (bicyclic) bond motifs is 3. The molecular weight excluding hydrogens is 608 g/mol. The molecule has 0 atom stereocenters. The number of hydrogen-bond acceptors (Lipinski definition) is 9. The zero-order chi connectivity index (χ0) is 29.8. The number of benzene rings is 1. The molecule has 2 aliphatic heterocycles. The molecule has 0 radical (unpaired) electrons. The fraction of sp³-hybridized carbons (Fsp3) is 0.286. The third kappa shape index (κ3) is 5.11. The van der Waals surface area contributed by atoms with Crippen molar-refractivity contribution in [3.63, 3.8) is 0 Å². The van der Waals surface area contributed by atoms with Crippen molar-refractivity contribution in [3.05, 3.63) is 90.7 Å². The number of ketones is 1. The lowest BCUT2D eigenvalue weighted by Gasteiger charge is -2.27. The molecule has 1 fully saturated rings. The van der Waals surface area contributed by atoms with Gasteiger partial charge in [-0.3, -0.25) is 19.0 Å². The molecule has 1 amide bonds. The van der Waals surface area contributed by atoms with E-state index in [0.29, 0.717) is 33.2 Å². The minimum atomic E-state index is -4.53. The number of rotatable bonds is 8. The first-order valence-electron chi connectivity index (χ1n) is 12.9. The second-order valence-corrected chi connectivity index (χ2v) is 13.1. The van der Waals surface area contributed by atoms with E-state index in [-0.39, 0.29) is 47.2 Å². The number of nitrogens with one attached hydrogen (secondary N) is 2. The summed E-state index contributed by atoms with van der Waals surface area (Å²) in [5.74, 6) is -0.215. The molecule has 218 valence electrons. The van der Waals surface area contributed by atoms with Crippen LogP contribution in [0, 0.1) is 0 Å². The summed E-state index contributed by atoms with van der Waals surface area (Å²) in [6.07, 6.45) is -4.09. The zero-order valence-electron chi connectivity index (χ0n) is 22.2. The number of hydrazine groups is 1. The van der Waals surface area contributed by atoms with Crippen LogP contribution in [0.2, 0.25) is 0 Å². The van der Waals surface area contributed by atoms with Crippen LogP contribution >= 0.6 is 34.4 Å². The Hall–Kier alpha value is -3.30. The van der Waals surface area contributed by atoms with Crippen LogP contribution in [-0.2, 0) is 25.2 Å². The molecule has 0 saturated carbocycles. The Balaban J connectivity index is 1.26. The molecule has 0 bridgehead atoms. The van der Waals surface area contributed by atoms with Crippen molar-refractivity contribution in [3.8, 4) is 0 Å². The van der Waals surface area contributed by atoms with E-state index in [1.807, 2.05) is 18.4 Å². The van der Waals surface area contributed by atoms with E-state index in [1.54, 1.807) is 15.5 Å². The predicted molar refractivity (Wildman–Crippen MR) is 157 cm³/mol. The van der Waals surface area contributed by atoms with Crippen molar-refractivity contribution < 1.29 is 22.8 Å². The Bertz CT molecular complexity index is 1770. The van der Waals surface area contributed by atoms with E-state index in [1.165, 1.54) is 58.7 Å². The molecular formula is C28H24F3N5O3S3. The fourth-order valence-electron chi connectivity index (χ4n) is 4.95. The number of Topliss-reactive ketones (excluding diaryl/α,β-unsaturated/α-hetero) is 1. The van der Waals surface area contributed by atoms with Gasteiger partial charge in [0.1, 0.15) is 4.83 Å². The largest absolute Gasteiger partial charge is 0.426 e.